The third-order valence-corrected chi connectivity index (χ3v) is 3.62. The lowest BCUT2D eigenvalue weighted by Crippen LogP contribution is -2.08. The zero-order chi connectivity index (χ0) is 17.3. The number of rotatable bonds is 3. The average molecular weight is 320 g/mol. The highest BCUT2D eigenvalue weighted by Crippen LogP contribution is 2.24. The molecule has 4 nitrogen and oxygen atoms in total. The van der Waals surface area contributed by atoms with Crippen molar-refractivity contribution in [2.24, 2.45) is 0 Å². The van der Waals surface area contributed by atoms with Crippen LogP contribution < -0.4 is 10.4 Å². The van der Waals surface area contributed by atoms with Gasteiger partial charge in [-0.2, -0.15) is 0 Å². The van der Waals surface area contributed by atoms with Crippen molar-refractivity contribution in [2.45, 2.75) is 13.8 Å². The van der Waals surface area contributed by atoms with Crippen LogP contribution in [0.1, 0.15) is 12.5 Å². The lowest BCUT2D eigenvalue weighted by atomic mass is 10.1. The van der Waals surface area contributed by atoms with Crippen molar-refractivity contribution in [3.63, 3.8) is 0 Å². The summed E-state index contributed by atoms with van der Waals surface area (Å²) in [5.41, 5.74) is 2.67. The van der Waals surface area contributed by atoms with Crippen LogP contribution in [0.3, 0.4) is 0 Å². The highest BCUT2D eigenvalue weighted by Gasteiger charge is 2.10. The molecule has 0 bridgehead atoms. The Labute approximate surface area is 139 Å². The Morgan fingerprint density at radius 2 is 1.79 bits per heavy atom. The topological polar surface area (TPSA) is 56.5 Å². The molecule has 1 heterocycles. The summed E-state index contributed by atoms with van der Waals surface area (Å²) in [6.45, 7) is 7.06. The molecule has 0 N–H and O–H groups in total. The molecule has 0 saturated carbocycles. The molecular weight excluding hydrogens is 304 g/mol. The van der Waals surface area contributed by atoms with Crippen LogP contribution in [0, 0.1) is 6.92 Å². The van der Waals surface area contributed by atoms with Gasteiger partial charge in [-0.05, 0) is 49.2 Å². The largest absolute Gasteiger partial charge is 0.423 e. The van der Waals surface area contributed by atoms with E-state index in [1.807, 2.05) is 25.1 Å². The van der Waals surface area contributed by atoms with E-state index in [2.05, 4.69) is 6.58 Å². The fraction of sp³-hybridized carbons (Fsp3) is 0.100. The molecule has 2 aromatic carbocycles. The maximum atomic E-state index is 12.2. The molecule has 0 amide bonds. The molecule has 3 rings (SSSR count). The van der Waals surface area contributed by atoms with Gasteiger partial charge in [-0.15, -0.1) is 0 Å². The van der Waals surface area contributed by atoms with Crippen LogP contribution in [-0.2, 0) is 4.79 Å². The zero-order valence-electron chi connectivity index (χ0n) is 13.5. The SMILES string of the molecule is C=C(C)C(=O)Oc1ccc(-c2cc3ccc(C)cc3oc2=O)cc1. The van der Waals surface area contributed by atoms with Crippen LogP contribution >= 0.6 is 0 Å². The smallest absolute Gasteiger partial charge is 0.344 e. The van der Waals surface area contributed by atoms with Crippen LogP contribution in [-0.4, -0.2) is 5.97 Å². The first kappa shape index (κ1) is 15.7. The predicted octanol–water partition coefficient (Wildman–Crippen LogP) is 4.25. The van der Waals surface area contributed by atoms with Crippen molar-refractivity contribution in [3.05, 3.63) is 76.7 Å². The summed E-state index contributed by atoms with van der Waals surface area (Å²) >= 11 is 0. The third-order valence-electron chi connectivity index (χ3n) is 3.62. The van der Waals surface area contributed by atoms with Crippen LogP contribution in [0.25, 0.3) is 22.1 Å². The van der Waals surface area contributed by atoms with E-state index in [-0.39, 0.29) is 0 Å². The maximum Gasteiger partial charge on any atom is 0.344 e. The van der Waals surface area contributed by atoms with Crippen molar-refractivity contribution in [2.75, 3.05) is 0 Å². The van der Waals surface area contributed by atoms with Gasteiger partial charge < -0.3 is 9.15 Å². The van der Waals surface area contributed by atoms with Gasteiger partial charge in [-0.1, -0.05) is 30.8 Å². The summed E-state index contributed by atoms with van der Waals surface area (Å²) in [4.78, 5) is 23.7. The second-order valence-corrected chi connectivity index (χ2v) is 5.68. The van der Waals surface area contributed by atoms with Crippen LogP contribution in [0.4, 0.5) is 0 Å². The van der Waals surface area contributed by atoms with Crippen molar-refractivity contribution < 1.29 is 13.9 Å². The van der Waals surface area contributed by atoms with Gasteiger partial charge >= 0.3 is 11.6 Å². The van der Waals surface area contributed by atoms with Gasteiger partial charge in [0.05, 0.1) is 5.56 Å². The molecule has 0 aliphatic carbocycles. The number of fused-ring (bicyclic) bond motifs is 1. The number of ether oxygens (including phenoxy) is 1. The molecular formula is C20H16O4. The first-order valence-corrected chi connectivity index (χ1v) is 7.47. The van der Waals surface area contributed by atoms with Gasteiger partial charge in [0.25, 0.3) is 0 Å². The summed E-state index contributed by atoms with van der Waals surface area (Å²) in [6.07, 6.45) is 0. The number of hydrogen-bond acceptors (Lipinski definition) is 4. The number of carbonyl (C=O) groups is 1. The number of hydrogen-bond donors (Lipinski definition) is 0. The minimum atomic E-state index is -0.483. The number of carbonyl (C=O) groups excluding carboxylic acids is 1. The van der Waals surface area contributed by atoms with E-state index in [9.17, 15) is 9.59 Å². The Morgan fingerprint density at radius 1 is 1.08 bits per heavy atom. The Balaban J connectivity index is 1.97. The van der Waals surface area contributed by atoms with Crippen LogP contribution in [0.15, 0.2) is 69.9 Å². The fourth-order valence-electron chi connectivity index (χ4n) is 2.32. The second kappa shape index (κ2) is 6.16. The fourth-order valence-corrected chi connectivity index (χ4v) is 2.32. The molecule has 0 spiro atoms. The van der Waals surface area contributed by atoms with E-state index in [1.165, 1.54) is 0 Å². The molecule has 0 radical (unpaired) electrons. The first-order valence-electron chi connectivity index (χ1n) is 7.47. The summed E-state index contributed by atoms with van der Waals surface area (Å²) in [5, 5.41) is 0.855. The van der Waals surface area contributed by atoms with Gasteiger partial charge in [0, 0.05) is 11.0 Å². The molecule has 3 aromatic rings. The van der Waals surface area contributed by atoms with E-state index in [0.29, 0.717) is 28.0 Å². The molecule has 0 fully saturated rings. The molecule has 0 atom stereocenters. The van der Waals surface area contributed by atoms with Gasteiger partial charge in [-0.25, -0.2) is 9.59 Å². The molecule has 24 heavy (non-hydrogen) atoms. The molecule has 4 heteroatoms. The number of aryl methyl sites for hydroxylation is 1. The second-order valence-electron chi connectivity index (χ2n) is 5.68. The lowest BCUT2D eigenvalue weighted by Gasteiger charge is -2.06. The zero-order valence-corrected chi connectivity index (χ0v) is 13.5. The molecule has 1 aromatic heterocycles. The van der Waals surface area contributed by atoms with Gasteiger partial charge in [0.15, 0.2) is 0 Å². The van der Waals surface area contributed by atoms with E-state index in [4.69, 9.17) is 9.15 Å². The highest BCUT2D eigenvalue weighted by molar-refractivity contribution is 5.89. The summed E-state index contributed by atoms with van der Waals surface area (Å²) in [6, 6.07) is 14.2. The van der Waals surface area contributed by atoms with Crippen molar-refractivity contribution >= 4 is 16.9 Å². The Kier molecular flexibility index (Phi) is 4.04. The van der Waals surface area contributed by atoms with Gasteiger partial charge in [-0.3, -0.25) is 0 Å². The Morgan fingerprint density at radius 3 is 2.46 bits per heavy atom. The molecule has 0 saturated heterocycles. The van der Waals surface area contributed by atoms with E-state index in [0.717, 1.165) is 10.9 Å². The summed E-state index contributed by atoms with van der Waals surface area (Å²) < 4.78 is 10.5. The van der Waals surface area contributed by atoms with Crippen molar-refractivity contribution in [1.29, 1.82) is 0 Å². The molecule has 0 unspecified atom stereocenters. The lowest BCUT2D eigenvalue weighted by molar-refractivity contribution is -0.130. The molecule has 120 valence electrons. The van der Waals surface area contributed by atoms with Gasteiger partial charge in [0.2, 0.25) is 0 Å². The van der Waals surface area contributed by atoms with Crippen molar-refractivity contribution in [3.8, 4) is 16.9 Å². The summed E-state index contributed by atoms with van der Waals surface area (Å²) in [5.74, 6) is -0.0871. The monoisotopic (exact) mass is 320 g/mol. The minimum Gasteiger partial charge on any atom is -0.423 e. The van der Waals surface area contributed by atoms with E-state index >= 15 is 0 Å². The normalized spacial score (nSPS) is 10.6. The van der Waals surface area contributed by atoms with Crippen LogP contribution in [0.2, 0.25) is 0 Å². The highest BCUT2D eigenvalue weighted by atomic mass is 16.5. The Bertz CT molecular complexity index is 994. The minimum absolute atomic E-state index is 0.324. The molecule has 0 aliphatic heterocycles. The number of esters is 1. The molecule has 0 aliphatic rings. The first-order chi connectivity index (χ1) is 11.4. The average Bonchev–Trinajstić information content (AvgIpc) is 2.55. The quantitative estimate of drug-likeness (QED) is 0.313. The summed E-state index contributed by atoms with van der Waals surface area (Å²) in [7, 11) is 0. The van der Waals surface area contributed by atoms with E-state index < -0.39 is 11.6 Å². The predicted molar refractivity (Wildman–Crippen MR) is 93.1 cm³/mol. The Hall–Kier alpha value is -3.14. The van der Waals surface area contributed by atoms with Gasteiger partial charge in [0.1, 0.15) is 11.3 Å². The number of benzene rings is 2. The third kappa shape index (κ3) is 3.13. The van der Waals surface area contributed by atoms with Crippen LogP contribution in [0.5, 0.6) is 5.75 Å². The standard InChI is InChI=1S/C20H16O4/c1-12(2)19(21)23-16-8-6-14(7-9-16)17-11-15-5-4-13(3)10-18(15)24-20(17)22/h4-11H,1H2,2-3H3. The maximum absolute atomic E-state index is 12.2. The van der Waals surface area contributed by atoms with E-state index in [1.54, 1.807) is 37.3 Å². The van der Waals surface area contributed by atoms with Crippen molar-refractivity contribution in [1.82, 2.24) is 0 Å².